The molecule has 0 bridgehead atoms. The molecule has 0 aromatic heterocycles. The van der Waals surface area contributed by atoms with Gasteiger partial charge in [-0.3, -0.25) is 0 Å². The fraction of sp³-hybridized carbons (Fsp3) is 0.143. The average Bonchev–Trinajstić information content (AvgIpc) is 2.32. The molecule has 0 spiro atoms. The number of aryl methyl sites for hydroxylation is 2. The minimum Gasteiger partial charge on any atom is -0.397 e. The number of para-hydroxylation sites is 1. The Kier molecular flexibility index (Phi) is 3.19. The van der Waals surface area contributed by atoms with Crippen molar-refractivity contribution in [2.45, 2.75) is 13.8 Å². The second-order valence-electron chi connectivity index (χ2n) is 4.24. The van der Waals surface area contributed by atoms with Crippen LogP contribution in [0.25, 0.3) is 0 Å². The zero-order chi connectivity index (χ0) is 13.3. The Morgan fingerprint density at radius 1 is 0.944 bits per heavy atom. The second-order valence-corrected chi connectivity index (χ2v) is 4.24. The second kappa shape index (κ2) is 4.64. The van der Waals surface area contributed by atoms with Gasteiger partial charge in [-0.25, -0.2) is 8.78 Å². The highest BCUT2D eigenvalue weighted by Gasteiger charge is 2.09. The Balaban J connectivity index is 2.40. The molecule has 0 saturated carbocycles. The van der Waals surface area contributed by atoms with E-state index in [0.717, 1.165) is 17.7 Å². The maximum atomic E-state index is 13.7. The Hall–Kier alpha value is -2.10. The highest BCUT2D eigenvalue weighted by atomic mass is 19.1. The SMILES string of the molecule is Cc1cc(F)c(Nc2cccc(C)c2N)cc1F. The van der Waals surface area contributed by atoms with Crippen molar-refractivity contribution in [1.29, 1.82) is 0 Å². The van der Waals surface area contributed by atoms with E-state index in [1.165, 1.54) is 6.92 Å². The maximum absolute atomic E-state index is 13.7. The van der Waals surface area contributed by atoms with E-state index in [1.54, 1.807) is 12.1 Å². The summed E-state index contributed by atoms with van der Waals surface area (Å²) >= 11 is 0. The number of benzene rings is 2. The fourth-order valence-electron chi connectivity index (χ4n) is 1.68. The van der Waals surface area contributed by atoms with Gasteiger partial charge in [0.05, 0.1) is 17.1 Å². The van der Waals surface area contributed by atoms with Gasteiger partial charge in [0.1, 0.15) is 11.6 Å². The molecule has 0 aliphatic rings. The third kappa shape index (κ3) is 2.27. The van der Waals surface area contributed by atoms with Crippen molar-refractivity contribution in [3.8, 4) is 0 Å². The minimum absolute atomic E-state index is 0.0791. The number of hydrogen-bond acceptors (Lipinski definition) is 2. The van der Waals surface area contributed by atoms with Crippen LogP contribution in [0, 0.1) is 25.5 Å². The van der Waals surface area contributed by atoms with Gasteiger partial charge in [0.2, 0.25) is 0 Å². The zero-order valence-corrected chi connectivity index (χ0v) is 10.2. The molecule has 0 aliphatic carbocycles. The number of rotatable bonds is 2. The lowest BCUT2D eigenvalue weighted by Crippen LogP contribution is -2.01. The standard InChI is InChI=1S/C14H14F2N2/c1-8-4-3-5-12(14(8)17)18-13-7-10(15)9(2)6-11(13)16/h3-7,18H,17H2,1-2H3. The molecule has 94 valence electrons. The smallest absolute Gasteiger partial charge is 0.147 e. The lowest BCUT2D eigenvalue weighted by atomic mass is 10.1. The van der Waals surface area contributed by atoms with Gasteiger partial charge in [0, 0.05) is 6.07 Å². The van der Waals surface area contributed by atoms with Gasteiger partial charge in [-0.2, -0.15) is 0 Å². The summed E-state index contributed by atoms with van der Waals surface area (Å²) in [4.78, 5) is 0. The molecule has 4 heteroatoms. The molecular weight excluding hydrogens is 234 g/mol. The van der Waals surface area contributed by atoms with E-state index in [2.05, 4.69) is 5.32 Å². The first-order valence-corrected chi connectivity index (χ1v) is 5.57. The molecule has 2 aromatic carbocycles. The van der Waals surface area contributed by atoms with Crippen LogP contribution in [0.5, 0.6) is 0 Å². The number of nitrogen functional groups attached to an aromatic ring is 1. The zero-order valence-electron chi connectivity index (χ0n) is 10.2. The van der Waals surface area contributed by atoms with Crippen molar-refractivity contribution in [3.63, 3.8) is 0 Å². The van der Waals surface area contributed by atoms with E-state index in [9.17, 15) is 8.78 Å². The lowest BCUT2D eigenvalue weighted by Gasteiger charge is -2.12. The molecule has 0 fully saturated rings. The predicted octanol–water partition coefficient (Wildman–Crippen LogP) is 3.91. The van der Waals surface area contributed by atoms with Gasteiger partial charge >= 0.3 is 0 Å². The molecular formula is C14H14F2N2. The van der Waals surface area contributed by atoms with Crippen molar-refractivity contribution in [2.75, 3.05) is 11.1 Å². The summed E-state index contributed by atoms with van der Waals surface area (Å²) in [5.41, 5.74) is 8.20. The van der Waals surface area contributed by atoms with E-state index in [-0.39, 0.29) is 11.3 Å². The molecule has 0 radical (unpaired) electrons. The van der Waals surface area contributed by atoms with Crippen LogP contribution in [0.15, 0.2) is 30.3 Å². The summed E-state index contributed by atoms with van der Waals surface area (Å²) in [7, 11) is 0. The number of hydrogen-bond donors (Lipinski definition) is 2. The monoisotopic (exact) mass is 248 g/mol. The summed E-state index contributed by atoms with van der Waals surface area (Å²) in [6, 6.07) is 7.67. The van der Waals surface area contributed by atoms with Crippen molar-refractivity contribution >= 4 is 17.1 Å². The summed E-state index contributed by atoms with van der Waals surface area (Å²) in [6.45, 7) is 3.37. The number of nitrogens with one attached hydrogen (secondary N) is 1. The summed E-state index contributed by atoms with van der Waals surface area (Å²) < 4.78 is 27.1. The molecule has 2 rings (SSSR count). The molecule has 2 nitrogen and oxygen atoms in total. The Morgan fingerprint density at radius 3 is 2.39 bits per heavy atom. The van der Waals surface area contributed by atoms with Crippen LogP contribution in [0.1, 0.15) is 11.1 Å². The van der Waals surface area contributed by atoms with Crippen LogP contribution in [0.2, 0.25) is 0 Å². The van der Waals surface area contributed by atoms with E-state index < -0.39 is 11.6 Å². The third-order valence-electron chi connectivity index (χ3n) is 2.84. The summed E-state index contributed by atoms with van der Waals surface area (Å²) in [6.07, 6.45) is 0. The van der Waals surface area contributed by atoms with Gasteiger partial charge in [-0.1, -0.05) is 12.1 Å². The van der Waals surface area contributed by atoms with Crippen molar-refractivity contribution in [3.05, 3.63) is 53.1 Å². The molecule has 0 aliphatic heterocycles. The molecule has 18 heavy (non-hydrogen) atoms. The molecule has 3 N–H and O–H groups in total. The number of anilines is 3. The molecule has 0 atom stereocenters. The van der Waals surface area contributed by atoms with Crippen LogP contribution < -0.4 is 11.1 Å². The molecule has 2 aromatic rings. The first-order chi connectivity index (χ1) is 8.49. The van der Waals surface area contributed by atoms with Gasteiger partial charge in [-0.05, 0) is 37.1 Å². The number of nitrogens with two attached hydrogens (primary N) is 1. The Labute approximate surface area is 104 Å². The van der Waals surface area contributed by atoms with Crippen LogP contribution in [0.4, 0.5) is 25.8 Å². The average molecular weight is 248 g/mol. The van der Waals surface area contributed by atoms with Crippen molar-refractivity contribution in [1.82, 2.24) is 0 Å². The quantitative estimate of drug-likeness (QED) is 0.791. The van der Waals surface area contributed by atoms with Gasteiger partial charge in [-0.15, -0.1) is 0 Å². The molecule has 0 heterocycles. The van der Waals surface area contributed by atoms with Crippen molar-refractivity contribution in [2.24, 2.45) is 0 Å². The topological polar surface area (TPSA) is 38.0 Å². The number of halogens is 2. The normalized spacial score (nSPS) is 10.4. The predicted molar refractivity (Wildman–Crippen MR) is 70.0 cm³/mol. The minimum atomic E-state index is -0.505. The van der Waals surface area contributed by atoms with Crippen LogP contribution >= 0.6 is 0 Å². The fourth-order valence-corrected chi connectivity index (χ4v) is 1.68. The highest BCUT2D eigenvalue weighted by molar-refractivity contribution is 5.75. The van der Waals surface area contributed by atoms with Gasteiger partial charge in [0.25, 0.3) is 0 Å². The van der Waals surface area contributed by atoms with E-state index in [0.29, 0.717) is 11.4 Å². The maximum Gasteiger partial charge on any atom is 0.147 e. The van der Waals surface area contributed by atoms with E-state index in [4.69, 9.17) is 5.73 Å². The molecule has 0 saturated heterocycles. The van der Waals surface area contributed by atoms with E-state index >= 15 is 0 Å². The van der Waals surface area contributed by atoms with Crippen molar-refractivity contribution < 1.29 is 8.78 Å². The summed E-state index contributed by atoms with van der Waals surface area (Å²) in [5, 5.41) is 2.81. The first-order valence-electron chi connectivity index (χ1n) is 5.57. The first kappa shape index (κ1) is 12.4. The Morgan fingerprint density at radius 2 is 1.67 bits per heavy atom. The summed E-state index contributed by atoms with van der Waals surface area (Å²) in [5.74, 6) is -0.958. The Bertz CT molecular complexity index is 595. The van der Waals surface area contributed by atoms with Gasteiger partial charge in [0.15, 0.2) is 0 Å². The highest BCUT2D eigenvalue weighted by Crippen LogP contribution is 2.28. The molecule has 0 amide bonds. The van der Waals surface area contributed by atoms with E-state index in [1.807, 2.05) is 13.0 Å². The van der Waals surface area contributed by atoms with Crippen LogP contribution in [0.3, 0.4) is 0 Å². The lowest BCUT2D eigenvalue weighted by molar-refractivity contribution is 0.595. The third-order valence-corrected chi connectivity index (χ3v) is 2.84. The largest absolute Gasteiger partial charge is 0.397 e. The molecule has 0 unspecified atom stereocenters. The van der Waals surface area contributed by atoms with Crippen LogP contribution in [-0.2, 0) is 0 Å². The van der Waals surface area contributed by atoms with Crippen LogP contribution in [-0.4, -0.2) is 0 Å². The van der Waals surface area contributed by atoms with Gasteiger partial charge < -0.3 is 11.1 Å².